The van der Waals surface area contributed by atoms with Gasteiger partial charge in [0, 0.05) is 12.6 Å². The highest BCUT2D eigenvalue weighted by Gasteiger charge is 2.29. The molecule has 0 radical (unpaired) electrons. The van der Waals surface area contributed by atoms with E-state index in [4.69, 9.17) is 4.74 Å². The molecule has 1 aliphatic rings. The second-order valence-electron chi connectivity index (χ2n) is 7.18. The zero-order valence-corrected chi connectivity index (χ0v) is 15.6. The SMILES string of the molecule is OC[C@H](c1ccccc1)N1CCCC[C@@H]1CCCOCc1ccccc1. The van der Waals surface area contributed by atoms with Crippen LogP contribution in [0.25, 0.3) is 0 Å². The topological polar surface area (TPSA) is 32.7 Å². The van der Waals surface area contributed by atoms with E-state index in [0.29, 0.717) is 12.6 Å². The van der Waals surface area contributed by atoms with Gasteiger partial charge < -0.3 is 9.84 Å². The van der Waals surface area contributed by atoms with Crippen molar-refractivity contribution >= 4 is 0 Å². The second kappa shape index (κ2) is 10.5. The first-order valence-corrected chi connectivity index (χ1v) is 9.91. The summed E-state index contributed by atoms with van der Waals surface area (Å²) in [4.78, 5) is 2.52. The summed E-state index contributed by atoms with van der Waals surface area (Å²) in [6, 6.07) is 21.4. The van der Waals surface area contributed by atoms with Gasteiger partial charge in [-0.05, 0) is 43.4 Å². The fourth-order valence-electron chi connectivity index (χ4n) is 4.01. The molecule has 0 aliphatic carbocycles. The predicted molar refractivity (Wildman–Crippen MR) is 106 cm³/mol. The van der Waals surface area contributed by atoms with Gasteiger partial charge in [-0.15, -0.1) is 0 Å². The molecule has 1 N–H and O–H groups in total. The maximum Gasteiger partial charge on any atom is 0.0716 e. The van der Waals surface area contributed by atoms with E-state index >= 15 is 0 Å². The Morgan fingerprint density at radius 1 is 1.00 bits per heavy atom. The van der Waals surface area contributed by atoms with Crippen molar-refractivity contribution in [1.82, 2.24) is 4.90 Å². The van der Waals surface area contributed by atoms with Gasteiger partial charge in [-0.1, -0.05) is 67.1 Å². The molecule has 1 saturated heterocycles. The normalized spacial score (nSPS) is 19.3. The van der Waals surface area contributed by atoms with Crippen molar-refractivity contribution in [3.8, 4) is 0 Å². The Labute approximate surface area is 157 Å². The van der Waals surface area contributed by atoms with Crippen molar-refractivity contribution in [2.75, 3.05) is 19.8 Å². The number of hydrogen-bond donors (Lipinski definition) is 1. The highest BCUT2D eigenvalue weighted by atomic mass is 16.5. The van der Waals surface area contributed by atoms with Crippen LogP contribution < -0.4 is 0 Å². The number of hydrogen-bond acceptors (Lipinski definition) is 3. The lowest BCUT2D eigenvalue weighted by Gasteiger charge is -2.41. The molecule has 0 aromatic heterocycles. The summed E-state index contributed by atoms with van der Waals surface area (Å²) in [6.45, 7) is 2.76. The van der Waals surface area contributed by atoms with Crippen LogP contribution >= 0.6 is 0 Å². The van der Waals surface area contributed by atoms with Crippen molar-refractivity contribution in [3.05, 3.63) is 71.8 Å². The number of nitrogens with zero attached hydrogens (tertiary/aromatic N) is 1. The molecule has 3 nitrogen and oxygen atoms in total. The Morgan fingerprint density at radius 3 is 2.46 bits per heavy atom. The smallest absolute Gasteiger partial charge is 0.0716 e. The summed E-state index contributed by atoms with van der Waals surface area (Å²) in [5.74, 6) is 0. The van der Waals surface area contributed by atoms with Gasteiger partial charge in [0.2, 0.25) is 0 Å². The molecule has 2 aromatic rings. The van der Waals surface area contributed by atoms with Crippen molar-refractivity contribution in [1.29, 1.82) is 0 Å². The van der Waals surface area contributed by atoms with Gasteiger partial charge in [-0.25, -0.2) is 0 Å². The zero-order valence-electron chi connectivity index (χ0n) is 15.6. The van der Waals surface area contributed by atoms with Crippen molar-refractivity contribution in [2.24, 2.45) is 0 Å². The molecule has 0 saturated carbocycles. The molecule has 0 unspecified atom stereocenters. The van der Waals surface area contributed by atoms with Crippen LogP contribution in [0, 0.1) is 0 Å². The van der Waals surface area contributed by atoms with E-state index in [-0.39, 0.29) is 12.6 Å². The van der Waals surface area contributed by atoms with Gasteiger partial charge in [-0.3, -0.25) is 4.90 Å². The van der Waals surface area contributed by atoms with Gasteiger partial charge in [0.05, 0.1) is 19.3 Å². The van der Waals surface area contributed by atoms with E-state index in [1.807, 2.05) is 12.1 Å². The third kappa shape index (κ3) is 5.41. The van der Waals surface area contributed by atoms with E-state index < -0.39 is 0 Å². The van der Waals surface area contributed by atoms with E-state index in [9.17, 15) is 5.11 Å². The van der Waals surface area contributed by atoms with Crippen LogP contribution in [0.1, 0.15) is 49.3 Å². The number of piperidine rings is 1. The summed E-state index contributed by atoms with van der Waals surface area (Å²) in [7, 11) is 0. The molecule has 2 aromatic carbocycles. The van der Waals surface area contributed by atoms with Crippen molar-refractivity contribution in [3.63, 3.8) is 0 Å². The molecule has 0 spiro atoms. The Balaban J connectivity index is 1.49. The summed E-state index contributed by atoms with van der Waals surface area (Å²) in [6.07, 6.45) is 5.95. The minimum Gasteiger partial charge on any atom is -0.394 e. The average molecular weight is 354 g/mol. The summed E-state index contributed by atoms with van der Waals surface area (Å²) in [5, 5.41) is 10.0. The Bertz CT molecular complexity index is 617. The minimum absolute atomic E-state index is 0.117. The Kier molecular flexibility index (Phi) is 7.68. The number of benzene rings is 2. The highest BCUT2D eigenvalue weighted by molar-refractivity contribution is 5.19. The number of aliphatic hydroxyl groups excluding tert-OH is 1. The van der Waals surface area contributed by atoms with Crippen LogP contribution in [0.15, 0.2) is 60.7 Å². The van der Waals surface area contributed by atoms with E-state index in [2.05, 4.69) is 53.4 Å². The van der Waals surface area contributed by atoms with Gasteiger partial charge in [0.1, 0.15) is 0 Å². The molecule has 1 heterocycles. The van der Waals surface area contributed by atoms with Crippen LogP contribution in [0.5, 0.6) is 0 Å². The number of ether oxygens (including phenoxy) is 1. The molecule has 3 rings (SSSR count). The molecule has 0 amide bonds. The Hall–Kier alpha value is -1.68. The lowest BCUT2D eigenvalue weighted by molar-refractivity contribution is 0.0438. The maximum absolute atomic E-state index is 10.0. The average Bonchev–Trinajstić information content (AvgIpc) is 2.71. The molecular weight excluding hydrogens is 322 g/mol. The van der Waals surface area contributed by atoms with Crippen molar-refractivity contribution < 1.29 is 9.84 Å². The molecule has 140 valence electrons. The molecule has 3 heteroatoms. The lowest BCUT2D eigenvalue weighted by Crippen LogP contribution is -2.43. The standard InChI is InChI=1S/C23H31NO2/c25-18-23(21-12-5-2-6-13-21)24-16-8-7-14-22(24)15-9-17-26-19-20-10-3-1-4-11-20/h1-6,10-13,22-23,25H,7-9,14-19H2/t22-,23-/m1/s1. The van der Waals surface area contributed by atoms with E-state index in [1.54, 1.807) is 0 Å². The quantitative estimate of drug-likeness (QED) is 0.670. The van der Waals surface area contributed by atoms with E-state index in [0.717, 1.165) is 26.0 Å². The minimum atomic E-state index is 0.117. The molecule has 2 atom stereocenters. The zero-order chi connectivity index (χ0) is 18.0. The maximum atomic E-state index is 10.0. The van der Waals surface area contributed by atoms with Gasteiger partial charge in [-0.2, -0.15) is 0 Å². The number of rotatable bonds is 9. The number of aliphatic hydroxyl groups is 1. The summed E-state index contributed by atoms with van der Waals surface area (Å²) < 4.78 is 5.85. The number of likely N-dealkylation sites (tertiary alicyclic amines) is 1. The van der Waals surface area contributed by atoms with Crippen molar-refractivity contribution in [2.45, 2.75) is 50.8 Å². The summed E-state index contributed by atoms with van der Waals surface area (Å²) >= 11 is 0. The lowest BCUT2D eigenvalue weighted by atomic mass is 9.94. The fraction of sp³-hybridized carbons (Fsp3) is 0.478. The van der Waals surface area contributed by atoms with Crippen LogP contribution in [0.2, 0.25) is 0 Å². The van der Waals surface area contributed by atoms with Gasteiger partial charge >= 0.3 is 0 Å². The molecule has 0 bridgehead atoms. The van der Waals surface area contributed by atoms with Crippen LogP contribution in [0.4, 0.5) is 0 Å². The monoisotopic (exact) mass is 353 g/mol. The van der Waals surface area contributed by atoms with Crippen LogP contribution in [-0.2, 0) is 11.3 Å². The first-order chi connectivity index (χ1) is 12.9. The predicted octanol–water partition coefficient (Wildman–Crippen LogP) is 4.57. The fourth-order valence-corrected chi connectivity index (χ4v) is 4.01. The van der Waals surface area contributed by atoms with Gasteiger partial charge in [0.25, 0.3) is 0 Å². The Morgan fingerprint density at radius 2 is 1.73 bits per heavy atom. The highest BCUT2D eigenvalue weighted by Crippen LogP contribution is 2.30. The molecule has 26 heavy (non-hydrogen) atoms. The third-order valence-corrected chi connectivity index (χ3v) is 5.37. The first kappa shape index (κ1) is 19.1. The second-order valence-corrected chi connectivity index (χ2v) is 7.18. The summed E-state index contributed by atoms with van der Waals surface area (Å²) in [5.41, 5.74) is 2.46. The largest absolute Gasteiger partial charge is 0.394 e. The first-order valence-electron chi connectivity index (χ1n) is 9.91. The molecular formula is C23H31NO2. The van der Waals surface area contributed by atoms with Crippen LogP contribution in [-0.4, -0.2) is 35.8 Å². The van der Waals surface area contributed by atoms with Crippen LogP contribution in [0.3, 0.4) is 0 Å². The van der Waals surface area contributed by atoms with E-state index in [1.165, 1.54) is 30.4 Å². The van der Waals surface area contributed by atoms with Gasteiger partial charge in [0.15, 0.2) is 0 Å². The third-order valence-electron chi connectivity index (χ3n) is 5.37. The molecule has 1 aliphatic heterocycles. The molecule has 1 fully saturated rings.